The standard InChI is InChI=1S/C26H23F2N7O/c1-35-13-16(11-33-35)15-9-21-24(23(10-15)36-22-6-8-29-12-18(22)27)26(32-14-31-21)34-20-5-4-19-17(25(20)28)3-2-7-30-19/h2-5,7,9-11,13-14,18,22,29H,6,8,12H2,1H3,(H,31,32,34). The number of fused-ring (bicyclic) bond motifs is 2. The molecule has 0 bridgehead atoms. The summed E-state index contributed by atoms with van der Waals surface area (Å²) in [5, 5.41) is 11.3. The van der Waals surface area contributed by atoms with E-state index < -0.39 is 18.1 Å². The van der Waals surface area contributed by atoms with Gasteiger partial charge in [0.25, 0.3) is 0 Å². The van der Waals surface area contributed by atoms with E-state index in [-0.39, 0.29) is 12.2 Å². The highest BCUT2D eigenvalue weighted by Gasteiger charge is 2.28. The molecule has 0 amide bonds. The van der Waals surface area contributed by atoms with E-state index in [9.17, 15) is 4.39 Å². The summed E-state index contributed by atoms with van der Waals surface area (Å²) >= 11 is 0. The van der Waals surface area contributed by atoms with Gasteiger partial charge in [0, 0.05) is 36.9 Å². The Morgan fingerprint density at radius 3 is 2.86 bits per heavy atom. The van der Waals surface area contributed by atoms with Crippen LogP contribution in [0.5, 0.6) is 5.75 Å². The van der Waals surface area contributed by atoms with Crippen LogP contribution in [0.3, 0.4) is 0 Å². The third-order valence-corrected chi connectivity index (χ3v) is 6.34. The van der Waals surface area contributed by atoms with E-state index in [1.54, 1.807) is 41.3 Å². The fourth-order valence-corrected chi connectivity index (χ4v) is 4.51. The molecule has 3 aromatic heterocycles. The van der Waals surface area contributed by atoms with Crippen molar-refractivity contribution in [2.45, 2.75) is 18.7 Å². The number of halogens is 2. The second kappa shape index (κ2) is 9.12. The Bertz CT molecular complexity index is 1570. The molecule has 4 heterocycles. The molecule has 182 valence electrons. The number of rotatable bonds is 5. The Labute approximate surface area is 205 Å². The van der Waals surface area contributed by atoms with Gasteiger partial charge in [-0.05, 0) is 54.9 Å². The summed E-state index contributed by atoms with van der Waals surface area (Å²) < 4.78 is 38.0. The number of benzene rings is 2. The van der Waals surface area contributed by atoms with Gasteiger partial charge in [0.2, 0.25) is 0 Å². The number of alkyl halides is 1. The minimum absolute atomic E-state index is 0.225. The van der Waals surface area contributed by atoms with Crippen LogP contribution in [0.1, 0.15) is 6.42 Å². The lowest BCUT2D eigenvalue weighted by molar-refractivity contribution is 0.0744. The van der Waals surface area contributed by atoms with Crippen molar-refractivity contribution in [1.29, 1.82) is 0 Å². The Balaban J connectivity index is 1.48. The molecule has 2 N–H and O–H groups in total. The van der Waals surface area contributed by atoms with Crippen LogP contribution in [-0.2, 0) is 7.05 Å². The van der Waals surface area contributed by atoms with Crippen molar-refractivity contribution < 1.29 is 13.5 Å². The highest BCUT2D eigenvalue weighted by atomic mass is 19.1. The van der Waals surface area contributed by atoms with E-state index in [0.29, 0.717) is 46.3 Å². The lowest BCUT2D eigenvalue weighted by Gasteiger charge is -2.28. The maximum Gasteiger partial charge on any atom is 0.156 e. The molecule has 36 heavy (non-hydrogen) atoms. The number of aryl methyl sites for hydroxylation is 1. The van der Waals surface area contributed by atoms with E-state index in [0.717, 1.165) is 11.1 Å². The summed E-state index contributed by atoms with van der Waals surface area (Å²) in [6.45, 7) is 0.881. The molecule has 0 aliphatic carbocycles. The molecule has 1 fully saturated rings. The number of anilines is 2. The first-order valence-electron chi connectivity index (χ1n) is 11.7. The first-order valence-corrected chi connectivity index (χ1v) is 11.7. The predicted octanol–water partition coefficient (Wildman–Crippen LogP) is 4.54. The van der Waals surface area contributed by atoms with Gasteiger partial charge in [0.05, 0.1) is 28.3 Å². The predicted molar refractivity (Wildman–Crippen MR) is 134 cm³/mol. The summed E-state index contributed by atoms with van der Waals surface area (Å²) in [4.78, 5) is 13.1. The van der Waals surface area contributed by atoms with E-state index in [1.807, 2.05) is 25.4 Å². The molecular formula is C26H23F2N7O. The van der Waals surface area contributed by atoms with Crippen molar-refractivity contribution in [3.8, 4) is 16.9 Å². The summed E-state index contributed by atoms with van der Waals surface area (Å²) in [5.41, 5.74) is 3.06. The second-order valence-electron chi connectivity index (χ2n) is 8.78. The zero-order chi connectivity index (χ0) is 24.6. The molecule has 0 spiro atoms. The van der Waals surface area contributed by atoms with E-state index in [4.69, 9.17) is 4.74 Å². The van der Waals surface area contributed by atoms with Crippen LogP contribution in [-0.4, -0.2) is 50.1 Å². The lowest BCUT2D eigenvalue weighted by Crippen LogP contribution is -2.44. The summed E-state index contributed by atoms with van der Waals surface area (Å²) in [6, 6.07) is 10.4. The first kappa shape index (κ1) is 22.3. The van der Waals surface area contributed by atoms with E-state index >= 15 is 4.39 Å². The van der Waals surface area contributed by atoms with Gasteiger partial charge in [0.15, 0.2) is 5.82 Å². The van der Waals surface area contributed by atoms with Crippen LogP contribution in [0, 0.1) is 5.82 Å². The molecule has 2 aromatic carbocycles. The molecule has 8 nitrogen and oxygen atoms in total. The first-order chi connectivity index (χ1) is 17.6. The van der Waals surface area contributed by atoms with Crippen molar-refractivity contribution in [2.75, 3.05) is 18.4 Å². The number of pyridine rings is 1. The third kappa shape index (κ3) is 4.09. The van der Waals surface area contributed by atoms with Gasteiger partial charge < -0.3 is 15.4 Å². The summed E-state index contributed by atoms with van der Waals surface area (Å²) in [7, 11) is 1.84. The summed E-state index contributed by atoms with van der Waals surface area (Å²) in [5.74, 6) is 0.343. The van der Waals surface area contributed by atoms with Gasteiger partial charge in [-0.15, -0.1) is 0 Å². The third-order valence-electron chi connectivity index (χ3n) is 6.34. The zero-order valence-corrected chi connectivity index (χ0v) is 19.4. The molecule has 1 saturated heterocycles. The van der Waals surface area contributed by atoms with Crippen LogP contribution in [0.2, 0.25) is 0 Å². The van der Waals surface area contributed by atoms with Crippen molar-refractivity contribution >= 4 is 33.3 Å². The van der Waals surface area contributed by atoms with Gasteiger partial charge in [-0.2, -0.15) is 5.10 Å². The average Bonchev–Trinajstić information content (AvgIpc) is 3.33. The van der Waals surface area contributed by atoms with Crippen LogP contribution in [0.25, 0.3) is 32.9 Å². The van der Waals surface area contributed by atoms with Crippen molar-refractivity contribution in [3.05, 3.63) is 67.1 Å². The lowest BCUT2D eigenvalue weighted by atomic mass is 10.0. The van der Waals surface area contributed by atoms with E-state index in [2.05, 4.69) is 30.7 Å². The quantitative estimate of drug-likeness (QED) is 0.376. The minimum Gasteiger partial charge on any atom is -0.486 e. The van der Waals surface area contributed by atoms with Gasteiger partial charge in [-0.1, -0.05) is 0 Å². The topological polar surface area (TPSA) is 89.8 Å². The van der Waals surface area contributed by atoms with Crippen LogP contribution in [0.4, 0.5) is 20.3 Å². The molecule has 1 aliphatic heterocycles. The highest BCUT2D eigenvalue weighted by Crippen LogP contribution is 2.38. The molecule has 0 radical (unpaired) electrons. The molecule has 10 heteroatoms. The van der Waals surface area contributed by atoms with Crippen LogP contribution < -0.4 is 15.4 Å². The number of ether oxygens (including phenoxy) is 1. The fourth-order valence-electron chi connectivity index (χ4n) is 4.51. The number of piperidine rings is 1. The van der Waals surface area contributed by atoms with Crippen molar-refractivity contribution in [3.63, 3.8) is 0 Å². The van der Waals surface area contributed by atoms with Gasteiger partial charge >= 0.3 is 0 Å². The number of nitrogens with one attached hydrogen (secondary N) is 2. The highest BCUT2D eigenvalue weighted by molar-refractivity contribution is 5.99. The molecule has 1 aliphatic rings. The zero-order valence-electron chi connectivity index (χ0n) is 19.4. The molecular weight excluding hydrogens is 464 g/mol. The normalized spacial score (nSPS) is 18.0. The summed E-state index contributed by atoms with van der Waals surface area (Å²) in [6.07, 6.45) is 5.37. The Morgan fingerprint density at radius 1 is 1.11 bits per heavy atom. The maximum absolute atomic E-state index is 15.3. The smallest absolute Gasteiger partial charge is 0.156 e. The van der Waals surface area contributed by atoms with E-state index in [1.165, 1.54) is 6.33 Å². The SMILES string of the molecule is Cn1cc(-c2cc(OC3CCNCC3F)c3c(Nc4ccc5ncccc5c4F)ncnc3c2)cn1. The van der Waals surface area contributed by atoms with Crippen molar-refractivity contribution in [1.82, 2.24) is 30.0 Å². The second-order valence-corrected chi connectivity index (χ2v) is 8.78. The molecule has 6 rings (SSSR count). The Kier molecular flexibility index (Phi) is 5.65. The maximum atomic E-state index is 15.3. The largest absolute Gasteiger partial charge is 0.486 e. The number of hydrogen-bond acceptors (Lipinski definition) is 7. The minimum atomic E-state index is -1.16. The Hall–Kier alpha value is -4.18. The van der Waals surface area contributed by atoms with Gasteiger partial charge in [-0.3, -0.25) is 9.67 Å². The average molecular weight is 488 g/mol. The fraction of sp³-hybridized carbons (Fsp3) is 0.231. The van der Waals surface area contributed by atoms with Crippen LogP contribution >= 0.6 is 0 Å². The monoisotopic (exact) mass is 487 g/mol. The molecule has 2 atom stereocenters. The molecule has 5 aromatic rings. The number of aromatic nitrogens is 5. The van der Waals surface area contributed by atoms with Gasteiger partial charge in [0.1, 0.15) is 30.2 Å². The molecule has 2 unspecified atom stereocenters. The molecule has 0 saturated carbocycles. The van der Waals surface area contributed by atoms with Crippen LogP contribution in [0.15, 0.2) is 61.3 Å². The van der Waals surface area contributed by atoms with Gasteiger partial charge in [-0.25, -0.2) is 18.7 Å². The van der Waals surface area contributed by atoms with Crippen molar-refractivity contribution in [2.24, 2.45) is 7.05 Å². The number of nitrogens with zero attached hydrogens (tertiary/aromatic N) is 5. The number of hydrogen-bond donors (Lipinski definition) is 2. The Morgan fingerprint density at radius 2 is 2.03 bits per heavy atom.